The largest absolute Gasteiger partial charge is 0.496 e. The Kier molecular flexibility index (Phi) is 4.20. The first-order valence-electron chi connectivity index (χ1n) is 6.27. The van der Waals surface area contributed by atoms with Gasteiger partial charge >= 0.3 is 0 Å². The van der Waals surface area contributed by atoms with E-state index in [2.05, 4.69) is 10.3 Å². The molecule has 0 aliphatic heterocycles. The van der Waals surface area contributed by atoms with Gasteiger partial charge in [-0.1, -0.05) is 6.07 Å². The number of hydrogen-bond donors (Lipinski definition) is 2. The number of nitrogen functional groups attached to an aromatic ring is 1. The van der Waals surface area contributed by atoms with Gasteiger partial charge in [-0.3, -0.25) is 9.78 Å². The average Bonchev–Trinajstić information content (AvgIpc) is 2.47. The summed E-state index contributed by atoms with van der Waals surface area (Å²) in [5.74, 6) is 0.232. The number of methoxy groups -OCH3 is 1. The summed E-state index contributed by atoms with van der Waals surface area (Å²) >= 11 is 0. The standard InChI is InChI=1S/C15H17N3O2/c1-10(13-5-3-4-8-17-13)18-15(19)12-7-6-11(16)9-14(12)20-2/h3-10H,16H2,1-2H3,(H,18,19)/t10-/m1/s1. The Bertz CT molecular complexity index is 599. The number of benzene rings is 1. The van der Waals surface area contributed by atoms with E-state index in [0.717, 1.165) is 5.69 Å². The number of nitrogens with zero attached hydrogens (tertiary/aromatic N) is 1. The van der Waals surface area contributed by atoms with Crippen molar-refractivity contribution in [3.8, 4) is 5.75 Å². The second-order valence-electron chi connectivity index (χ2n) is 4.41. The lowest BCUT2D eigenvalue weighted by atomic mass is 10.1. The molecule has 0 aliphatic carbocycles. The van der Waals surface area contributed by atoms with Gasteiger partial charge in [0.05, 0.1) is 24.4 Å². The van der Waals surface area contributed by atoms with Crippen LogP contribution in [0.3, 0.4) is 0 Å². The van der Waals surface area contributed by atoms with Crippen molar-refractivity contribution in [3.05, 3.63) is 53.9 Å². The van der Waals surface area contributed by atoms with E-state index in [9.17, 15) is 4.79 Å². The van der Waals surface area contributed by atoms with Crippen LogP contribution in [0.2, 0.25) is 0 Å². The van der Waals surface area contributed by atoms with Crippen molar-refractivity contribution in [2.24, 2.45) is 0 Å². The summed E-state index contributed by atoms with van der Waals surface area (Å²) < 4.78 is 5.18. The lowest BCUT2D eigenvalue weighted by Gasteiger charge is -2.15. The third kappa shape index (κ3) is 3.06. The van der Waals surface area contributed by atoms with E-state index in [-0.39, 0.29) is 11.9 Å². The van der Waals surface area contributed by atoms with Crippen molar-refractivity contribution >= 4 is 11.6 Å². The van der Waals surface area contributed by atoms with Crippen molar-refractivity contribution in [2.45, 2.75) is 13.0 Å². The summed E-state index contributed by atoms with van der Waals surface area (Å²) in [5, 5.41) is 2.88. The molecule has 1 aromatic carbocycles. The fraction of sp³-hybridized carbons (Fsp3) is 0.200. The van der Waals surface area contributed by atoms with E-state index in [0.29, 0.717) is 17.0 Å². The minimum Gasteiger partial charge on any atom is -0.496 e. The maximum absolute atomic E-state index is 12.3. The fourth-order valence-electron chi connectivity index (χ4n) is 1.88. The SMILES string of the molecule is COc1cc(N)ccc1C(=O)N[C@H](C)c1ccccn1. The molecule has 5 nitrogen and oxygen atoms in total. The van der Waals surface area contributed by atoms with E-state index in [1.807, 2.05) is 25.1 Å². The van der Waals surface area contributed by atoms with Gasteiger partial charge in [0, 0.05) is 18.0 Å². The summed E-state index contributed by atoms with van der Waals surface area (Å²) in [7, 11) is 1.51. The van der Waals surface area contributed by atoms with Gasteiger partial charge in [-0.15, -0.1) is 0 Å². The van der Waals surface area contributed by atoms with E-state index >= 15 is 0 Å². The van der Waals surface area contributed by atoms with Gasteiger partial charge in [0.15, 0.2) is 0 Å². The number of nitrogens with two attached hydrogens (primary N) is 1. The number of carbonyl (C=O) groups is 1. The first-order chi connectivity index (χ1) is 9.61. The molecule has 1 atom stereocenters. The van der Waals surface area contributed by atoms with Gasteiger partial charge in [0.1, 0.15) is 5.75 Å². The molecule has 2 aromatic rings. The highest BCUT2D eigenvalue weighted by molar-refractivity contribution is 5.97. The Morgan fingerprint density at radius 3 is 2.80 bits per heavy atom. The average molecular weight is 271 g/mol. The van der Waals surface area contributed by atoms with Crippen LogP contribution < -0.4 is 15.8 Å². The van der Waals surface area contributed by atoms with Crippen molar-refractivity contribution < 1.29 is 9.53 Å². The molecule has 0 fully saturated rings. The van der Waals surface area contributed by atoms with Crippen LogP contribution in [0.1, 0.15) is 29.0 Å². The number of anilines is 1. The molecule has 0 saturated carbocycles. The lowest BCUT2D eigenvalue weighted by Crippen LogP contribution is -2.27. The molecule has 0 radical (unpaired) electrons. The van der Waals surface area contributed by atoms with Gasteiger partial charge < -0.3 is 15.8 Å². The molecule has 0 unspecified atom stereocenters. The monoisotopic (exact) mass is 271 g/mol. The zero-order valence-corrected chi connectivity index (χ0v) is 11.5. The topological polar surface area (TPSA) is 77.2 Å². The van der Waals surface area contributed by atoms with Gasteiger partial charge in [0.25, 0.3) is 5.91 Å². The molecule has 0 spiro atoms. The number of aromatic nitrogens is 1. The van der Waals surface area contributed by atoms with E-state index in [1.165, 1.54) is 7.11 Å². The predicted molar refractivity (Wildman–Crippen MR) is 77.5 cm³/mol. The minimum atomic E-state index is -0.222. The highest BCUT2D eigenvalue weighted by atomic mass is 16.5. The number of rotatable bonds is 4. The lowest BCUT2D eigenvalue weighted by molar-refractivity contribution is 0.0936. The minimum absolute atomic E-state index is 0.189. The zero-order valence-electron chi connectivity index (χ0n) is 11.5. The van der Waals surface area contributed by atoms with Crippen LogP contribution in [-0.4, -0.2) is 18.0 Å². The first kappa shape index (κ1) is 13.9. The smallest absolute Gasteiger partial charge is 0.255 e. The third-order valence-corrected chi connectivity index (χ3v) is 2.95. The molecule has 0 saturated heterocycles. The van der Waals surface area contributed by atoms with Gasteiger partial charge in [-0.2, -0.15) is 0 Å². The number of amides is 1. The molecule has 0 bridgehead atoms. The van der Waals surface area contributed by atoms with Gasteiger partial charge in [-0.05, 0) is 31.2 Å². The summed E-state index contributed by atoms with van der Waals surface area (Å²) in [4.78, 5) is 16.5. The summed E-state index contributed by atoms with van der Waals surface area (Å²) in [6.07, 6.45) is 1.70. The second-order valence-corrected chi connectivity index (χ2v) is 4.41. The van der Waals surface area contributed by atoms with Crippen molar-refractivity contribution in [3.63, 3.8) is 0 Å². The van der Waals surface area contributed by atoms with Crippen LogP contribution >= 0.6 is 0 Å². The predicted octanol–water partition coefficient (Wildman–Crippen LogP) is 2.16. The second kappa shape index (κ2) is 6.06. The van der Waals surface area contributed by atoms with Crippen molar-refractivity contribution in [1.82, 2.24) is 10.3 Å². The molecule has 5 heteroatoms. The van der Waals surface area contributed by atoms with E-state index in [1.54, 1.807) is 24.4 Å². The molecular weight excluding hydrogens is 254 g/mol. The number of hydrogen-bond acceptors (Lipinski definition) is 4. The summed E-state index contributed by atoms with van der Waals surface area (Å²) in [6, 6.07) is 10.3. The summed E-state index contributed by atoms with van der Waals surface area (Å²) in [6.45, 7) is 1.88. The van der Waals surface area contributed by atoms with E-state index < -0.39 is 0 Å². The molecule has 3 N–H and O–H groups in total. The third-order valence-electron chi connectivity index (χ3n) is 2.95. The van der Waals surface area contributed by atoms with Gasteiger partial charge in [0.2, 0.25) is 0 Å². The van der Waals surface area contributed by atoms with Gasteiger partial charge in [-0.25, -0.2) is 0 Å². The molecule has 1 amide bonds. The normalized spacial score (nSPS) is 11.7. The number of ether oxygens (including phenoxy) is 1. The Morgan fingerprint density at radius 2 is 2.15 bits per heavy atom. The molecule has 1 aromatic heterocycles. The van der Waals surface area contributed by atoms with Crippen molar-refractivity contribution in [2.75, 3.05) is 12.8 Å². The van der Waals surface area contributed by atoms with Crippen LogP contribution in [0.5, 0.6) is 5.75 Å². The highest BCUT2D eigenvalue weighted by Gasteiger charge is 2.16. The Balaban J connectivity index is 2.16. The summed E-state index contributed by atoms with van der Waals surface area (Å²) in [5.41, 5.74) is 7.48. The maximum atomic E-state index is 12.3. The number of nitrogens with one attached hydrogen (secondary N) is 1. The molecule has 2 rings (SSSR count). The maximum Gasteiger partial charge on any atom is 0.255 e. The number of carbonyl (C=O) groups excluding carboxylic acids is 1. The van der Waals surface area contributed by atoms with E-state index in [4.69, 9.17) is 10.5 Å². The van der Waals surface area contributed by atoms with Crippen LogP contribution in [0.15, 0.2) is 42.6 Å². The molecular formula is C15H17N3O2. The zero-order chi connectivity index (χ0) is 14.5. The van der Waals surface area contributed by atoms with Crippen molar-refractivity contribution in [1.29, 1.82) is 0 Å². The molecule has 1 heterocycles. The fourth-order valence-corrected chi connectivity index (χ4v) is 1.88. The van der Waals surface area contributed by atoms with Crippen LogP contribution in [-0.2, 0) is 0 Å². The Hall–Kier alpha value is -2.56. The first-order valence-corrected chi connectivity index (χ1v) is 6.27. The van der Waals surface area contributed by atoms with Crippen LogP contribution in [0.4, 0.5) is 5.69 Å². The quantitative estimate of drug-likeness (QED) is 0.835. The molecule has 20 heavy (non-hydrogen) atoms. The van der Waals surface area contributed by atoms with Crippen LogP contribution in [0.25, 0.3) is 0 Å². The highest BCUT2D eigenvalue weighted by Crippen LogP contribution is 2.22. The number of pyridine rings is 1. The Morgan fingerprint density at radius 1 is 1.35 bits per heavy atom. The van der Waals surface area contributed by atoms with Crippen LogP contribution in [0, 0.1) is 0 Å². The molecule has 104 valence electrons. The molecule has 0 aliphatic rings. The Labute approximate surface area is 117 Å².